The van der Waals surface area contributed by atoms with E-state index in [0.717, 1.165) is 10.5 Å². The number of hydrogen-bond acceptors (Lipinski definition) is 4. The fourth-order valence-electron chi connectivity index (χ4n) is 1.80. The van der Waals surface area contributed by atoms with Crippen LogP contribution < -0.4 is 0 Å². The smallest absolute Gasteiger partial charge is 0.0503 e. The molecule has 3 aliphatic heterocycles. The van der Waals surface area contributed by atoms with E-state index in [1.807, 2.05) is 0 Å². The van der Waals surface area contributed by atoms with E-state index in [0.29, 0.717) is 4.75 Å². The summed E-state index contributed by atoms with van der Waals surface area (Å²) in [7, 11) is 0. The average Bonchev–Trinajstić information content (AvgIpc) is 2.98. The van der Waals surface area contributed by atoms with Crippen LogP contribution in [-0.4, -0.2) is 44.0 Å². The van der Waals surface area contributed by atoms with Crippen LogP contribution in [0.4, 0.5) is 0 Å². The molecule has 0 amide bonds. The zero-order valence-corrected chi connectivity index (χ0v) is 10.1. The van der Waals surface area contributed by atoms with Gasteiger partial charge in [-0.1, -0.05) is 0 Å². The van der Waals surface area contributed by atoms with Crippen molar-refractivity contribution in [3.8, 4) is 0 Å². The Kier molecular flexibility index (Phi) is 2.33. The van der Waals surface area contributed by atoms with Crippen molar-refractivity contribution in [2.45, 2.75) is 15.2 Å². The molecule has 12 heavy (non-hydrogen) atoms. The van der Waals surface area contributed by atoms with Crippen LogP contribution in [0.1, 0.15) is 0 Å². The van der Waals surface area contributed by atoms with Crippen LogP contribution in [0.5, 0.6) is 0 Å². The molecule has 2 atom stereocenters. The third-order valence-electron chi connectivity index (χ3n) is 2.68. The van der Waals surface area contributed by atoms with Gasteiger partial charge in [-0.25, -0.2) is 0 Å². The third kappa shape index (κ3) is 1.43. The van der Waals surface area contributed by atoms with Crippen molar-refractivity contribution in [1.29, 1.82) is 0 Å². The molecule has 0 spiro atoms. The molecular weight excluding hydrogens is 224 g/mol. The summed E-state index contributed by atoms with van der Waals surface area (Å²) in [5.41, 5.74) is 0. The second kappa shape index (κ2) is 3.21. The number of thioether (sulfide) groups is 4. The third-order valence-corrected chi connectivity index (χ3v) is 8.43. The van der Waals surface area contributed by atoms with Crippen molar-refractivity contribution in [1.82, 2.24) is 0 Å². The second-order valence-corrected chi connectivity index (χ2v) is 8.53. The number of hydrogen-bond donors (Lipinski definition) is 0. The van der Waals surface area contributed by atoms with Gasteiger partial charge in [-0.3, -0.25) is 0 Å². The molecule has 0 aliphatic carbocycles. The van der Waals surface area contributed by atoms with Crippen molar-refractivity contribution in [3.63, 3.8) is 0 Å². The summed E-state index contributed by atoms with van der Waals surface area (Å²) in [6.45, 7) is 0. The maximum Gasteiger partial charge on any atom is 0.0503 e. The van der Waals surface area contributed by atoms with Gasteiger partial charge < -0.3 is 0 Å². The van der Waals surface area contributed by atoms with E-state index in [1.165, 1.54) is 28.8 Å². The van der Waals surface area contributed by atoms with E-state index >= 15 is 0 Å². The molecule has 68 valence electrons. The van der Waals surface area contributed by atoms with Crippen molar-refractivity contribution in [3.05, 3.63) is 0 Å². The molecule has 0 nitrogen and oxygen atoms in total. The van der Waals surface area contributed by atoms with E-state index in [1.54, 1.807) is 0 Å². The summed E-state index contributed by atoms with van der Waals surface area (Å²) in [6, 6.07) is 0. The monoisotopic (exact) mass is 236 g/mol. The van der Waals surface area contributed by atoms with Gasteiger partial charge in [-0.2, -0.15) is 47.0 Å². The van der Waals surface area contributed by atoms with Crippen LogP contribution in [0.3, 0.4) is 0 Å². The maximum absolute atomic E-state index is 2.29. The Morgan fingerprint density at radius 2 is 1.67 bits per heavy atom. The molecule has 0 bridgehead atoms. The highest BCUT2D eigenvalue weighted by molar-refractivity contribution is 8.13. The molecule has 3 aliphatic rings. The fraction of sp³-hybridized carbons (Fsp3) is 1.00. The molecule has 0 radical (unpaired) electrons. The lowest BCUT2D eigenvalue weighted by Gasteiger charge is -2.35. The summed E-state index contributed by atoms with van der Waals surface area (Å²) in [4.78, 5) is 0. The van der Waals surface area contributed by atoms with Crippen LogP contribution in [0.25, 0.3) is 0 Å². The summed E-state index contributed by atoms with van der Waals surface area (Å²) >= 11 is 8.87. The van der Waals surface area contributed by atoms with Gasteiger partial charge in [0, 0.05) is 39.3 Å². The van der Waals surface area contributed by atoms with E-state index in [4.69, 9.17) is 0 Å². The van der Waals surface area contributed by atoms with Crippen molar-refractivity contribution in [2.75, 3.05) is 28.8 Å². The molecule has 0 aromatic carbocycles. The first-order valence-corrected chi connectivity index (χ1v) is 8.60. The van der Waals surface area contributed by atoms with Crippen LogP contribution in [0.15, 0.2) is 0 Å². The van der Waals surface area contributed by atoms with Crippen molar-refractivity contribution >= 4 is 47.0 Å². The SMILES string of the molecule is C1CSC(C2CS2)(C2CS2)CS1. The van der Waals surface area contributed by atoms with Gasteiger partial charge in [0.15, 0.2) is 0 Å². The molecule has 3 saturated heterocycles. The molecule has 0 N–H and O–H groups in total. The summed E-state index contributed by atoms with van der Waals surface area (Å²) < 4.78 is 0.707. The summed E-state index contributed by atoms with van der Waals surface area (Å²) in [6.07, 6.45) is 0. The molecule has 3 heterocycles. The van der Waals surface area contributed by atoms with E-state index in [-0.39, 0.29) is 0 Å². The molecule has 2 unspecified atom stereocenters. The van der Waals surface area contributed by atoms with E-state index in [9.17, 15) is 0 Å². The van der Waals surface area contributed by atoms with Gasteiger partial charge in [-0.15, -0.1) is 0 Å². The Morgan fingerprint density at radius 1 is 1.00 bits per heavy atom. The molecule has 4 heteroatoms. The van der Waals surface area contributed by atoms with E-state index < -0.39 is 0 Å². The van der Waals surface area contributed by atoms with Crippen LogP contribution in [0, 0.1) is 0 Å². The van der Waals surface area contributed by atoms with Crippen molar-refractivity contribution in [2.24, 2.45) is 0 Å². The normalized spacial score (nSPS) is 52.0. The first kappa shape index (κ1) is 8.69. The number of rotatable bonds is 2. The van der Waals surface area contributed by atoms with E-state index in [2.05, 4.69) is 47.0 Å². The Balaban J connectivity index is 1.79. The van der Waals surface area contributed by atoms with Gasteiger partial charge in [0.2, 0.25) is 0 Å². The predicted molar refractivity (Wildman–Crippen MR) is 65.0 cm³/mol. The lowest BCUT2D eigenvalue weighted by atomic mass is 10.1. The average molecular weight is 236 g/mol. The second-order valence-electron chi connectivity index (χ2n) is 3.50. The zero-order valence-electron chi connectivity index (χ0n) is 6.82. The van der Waals surface area contributed by atoms with Crippen LogP contribution in [0.2, 0.25) is 0 Å². The van der Waals surface area contributed by atoms with Crippen LogP contribution in [-0.2, 0) is 0 Å². The van der Waals surface area contributed by atoms with Gasteiger partial charge in [-0.05, 0) is 0 Å². The van der Waals surface area contributed by atoms with Crippen LogP contribution >= 0.6 is 47.0 Å². The molecule has 0 aromatic heterocycles. The quantitative estimate of drug-likeness (QED) is 0.675. The summed E-state index contributed by atoms with van der Waals surface area (Å²) in [5.74, 6) is 7.13. The minimum atomic E-state index is 0.707. The Morgan fingerprint density at radius 3 is 2.08 bits per heavy atom. The molecule has 0 aromatic rings. The largest absolute Gasteiger partial charge is 0.160 e. The highest BCUT2D eigenvalue weighted by atomic mass is 32.2. The molecular formula is C8H12S4. The lowest BCUT2D eigenvalue weighted by molar-refractivity contribution is 0.702. The minimum Gasteiger partial charge on any atom is -0.160 e. The topological polar surface area (TPSA) is 0 Å². The molecule has 0 saturated carbocycles. The first-order valence-electron chi connectivity index (χ1n) is 4.37. The first-order chi connectivity index (χ1) is 5.92. The zero-order chi connectivity index (χ0) is 8.02. The molecule has 3 rings (SSSR count). The maximum atomic E-state index is 2.29. The minimum absolute atomic E-state index is 0.707. The predicted octanol–water partition coefficient (Wildman–Crippen LogP) is 2.44. The molecule has 3 fully saturated rings. The Labute approximate surface area is 90.8 Å². The Hall–Kier alpha value is 1.40. The fourth-order valence-corrected chi connectivity index (χ4v) is 8.15. The van der Waals surface area contributed by atoms with Gasteiger partial charge >= 0.3 is 0 Å². The van der Waals surface area contributed by atoms with Crippen molar-refractivity contribution < 1.29 is 0 Å². The lowest BCUT2D eigenvalue weighted by Crippen LogP contribution is -2.42. The summed E-state index contributed by atoms with van der Waals surface area (Å²) in [5, 5.41) is 2.05. The van der Waals surface area contributed by atoms with Gasteiger partial charge in [0.25, 0.3) is 0 Å². The van der Waals surface area contributed by atoms with Gasteiger partial charge in [0.05, 0.1) is 4.75 Å². The highest BCUT2D eigenvalue weighted by Crippen LogP contribution is 2.59. The standard InChI is InChI=1S/C8H12S4/c1-2-12-8(5-9-1,6-3-10-6)7-4-11-7/h6-7H,1-5H2. The highest BCUT2D eigenvalue weighted by Gasteiger charge is 2.56. The van der Waals surface area contributed by atoms with Gasteiger partial charge in [0.1, 0.15) is 0 Å². The Bertz CT molecular complexity index is 165.